The van der Waals surface area contributed by atoms with Crippen LogP contribution in [0.25, 0.3) is 0 Å². The smallest absolute Gasteiger partial charge is 0.342 e. The highest BCUT2D eigenvalue weighted by Gasteiger charge is 2.22. The Morgan fingerprint density at radius 3 is 2.32 bits per heavy atom. The number of aromatic hydroxyl groups is 1. The van der Waals surface area contributed by atoms with Gasteiger partial charge in [-0.2, -0.15) is 0 Å². The lowest BCUT2D eigenvalue weighted by Gasteiger charge is -2.17. The number of phenolic OH excluding ortho intramolecular Hbond substituents is 1. The molecule has 0 aliphatic rings. The van der Waals surface area contributed by atoms with Crippen molar-refractivity contribution in [2.45, 2.75) is 33.8 Å². The number of amides is 1. The Labute approximate surface area is 155 Å². The maximum atomic E-state index is 12.4. The second kappa shape index (κ2) is 7.70. The summed E-state index contributed by atoms with van der Waals surface area (Å²) in [4.78, 5) is 24.5. The molecule has 0 saturated carbocycles. The number of anilines is 1. The van der Waals surface area contributed by atoms with Gasteiger partial charge < -0.3 is 15.2 Å². The SMILES string of the molecule is Cc1cc(C)c(NC(=O)C(C)OC(=O)c2cc(Br)ccc2O)c(C)c1. The van der Waals surface area contributed by atoms with Crippen molar-refractivity contribution in [2.75, 3.05) is 5.32 Å². The first-order chi connectivity index (χ1) is 11.7. The Balaban J connectivity index is 2.10. The van der Waals surface area contributed by atoms with Crippen LogP contribution in [0, 0.1) is 20.8 Å². The normalized spacial score (nSPS) is 11.7. The summed E-state index contributed by atoms with van der Waals surface area (Å²) >= 11 is 3.23. The van der Waals surface area contributed by atoms with E-state index in [0.29, 0.717) is 10.2 Å². The summed E-state index contributed by atoms with van der Waals surface area (Å²) in [5, 5.41) is 12.6. The van der Waals surface area contributed by atoms with Crippen molar-refractivity contribution in [3.05, 3.63) is 57.1 Å². The van der Waals surface area contributed by atoms with E-state index in [2.05, 4.69) is 21.2 Å². The second-order valence-electron chi connectivity index (χ2n) is 5.97. The van der Waals surface area contributed by atoms with Gasteiger partial charge in [0.15, 0.2) is 6.10 Å². The summed E-state index contributed by atoms with van der Waals surface area (Å²) in [6, 6.07) is 8.36. The molecule has 0 saturated heterocycles. The zero-order chi connectivity index (χ0) is 18.7. The number of phenols is 1. The number of halogens is 1. The minimum Gasteiger partial charge on any atom is -0.507 e. The van der Waals surface area contributed by atoms with E-state index in [4.69, 9.17) is 4.74 Å². The monoisotopic (exact) mass is 405 g/mol. The van der Waals surface area contributed by atoms with E-state index >= 15 is 0 Å². The van der Waals surface area contributed by atoms with Crippen molar-refractivity contribution in [3.8, 4) is 5.75 Å². The topological polar surface area (TPSA) is 75.6 Å². The van der Waals surface area contributed by atoms with E-state index in [1.54, 1.807) is 6.07 Å². The summed E-state index contributed by atoms with van der Waals surface area (Å²) < 4.78 is 5.80. The van der Waals surface area contributed by atoms with E-state index in [0.717, 1.165) is 16.7 Å². The van der Waals surface area contributed by atoms with Gasteiger partial charge in [-0.25, -0.2) is 4.79 Å². The van der Waals surface area contributed by atoms with Gasteiger partial charge in [0, 0.05) is 10.2 Å². The fraction of sp³-hybridized carbons (Fsp3) is 0.263. The highest BCUT2D eigenvalue weighted by molar-refractivity contribution is 9.10. The molecule has 0 fully saturated rings. The zero-order valence-corrected chi connectivity index (χ0v) is 16.1. The van der Waals surface area contributed by atoms with Crippen LogP contribution < -0.4 is 5.32 Å². The second-order valence-corrected chi connectivity index (χ2v) is 6.89. The molecule has 2 rings (SSSR count). The molecule has 2 aromatic carbocycles. The molecule has 2 aromatic rings. The minimum atomic E-state index is -1.01. The molecule has 132 valence electrons. The number of rotatable bonds is 4. The van der Waals surface area contributed by atoms with E-state index in [1.165, 1.54) is 19.1 Å². The van der Waals surface area contributed by atoms with E-state index in [-0.39, 0.29) is 11.3 Å². The maximum absolute atomic E-state index is 12.4. The molecule has 0 aromatic heterocycles. The largest absolute Gasteiger partial charge is 0.507 e. The number of carbonyl (C=O) groups is 2. The van der Waals surface area contributed by atoms with Crippen LogP contribution in [-0.4, -0.2) is 23.1 Å². The molecule has 1 amide bonds. The van der Waals surface area contributed by atoms with Crippen LogP contribution >= 0.6 is 15.9 Å². The lowest BCUT2D eigenvalue weighted by Crippen LogP contribution is -2.30. The number of ether oxygens (including phenoxy) is 1. The first-order valence-electron chi connectivity index (χ1n) is 7.77. The Hall–Kier alpha value is -2.34. The average molecular weight is 406 g/mol. The standard InChI is InChI=1S/C19H20BrNO4/c1-10-7-11(2)17(12(3)8-10)21-18(23)13(4)25-19(24)15-9-14(20)5-6-16(15)22/h5-9,13,22H,1-4H3,(H,21,23). The number of hydrogen-bond donors (Lipinski definition) is 2. The van der Waals surface area contributed by atoms with E-state index in [1.807, 2.05) is 32.9 Å². The van der Waals surface area contributed by atoms with Gasteiger partial charge >= 0.3 is 5.97 Å². The fourth-order valence-electron chi connectivity index (χ4n) is 2.55. The van der Waals surface area contributed by atoms with Crippen molar-refractivity contribution in [3.63, 3.8) is 0 Å². The summed E-state index contributed by atoms with van der Waals surface area (Å²) in [6.45, 7) is 7.29. The van der Waals surface area contributed by atoms with E-state index in [9.17, 15) is 14.7 Å². The highest BCUT2D eigenvalue weighted by Crippen LogP contribution is 2.24. The van der Waals surface area contributed by atoms with Crippen molar-refractivity contribution in [1.29, 1.82) is 0 Å². The van der Waals surface area contributed by atoms with Gasteiger partial charge in [-0.05, 0) is 57.0 Å². The van der Waals surface area contributed by atoms with Crippen LogP contribution in [0.5, 0.6) is 5.75 Å². The zero-order valence-electron chi connectivity index (χ0n) is 14.5. The molecule has 5 nitrogen and oxygen atoms in total. The summed E-state index contributed by atoms with van der Waals surface area (Å²) in [5.41, 5.74) is 3.70. The first kappa shape index (κ1) is 19.0. The Kier molecular flexibility index (Phi) is 5.85. The van der Waals surface area contributed by atoms with Crippen LogP contribution in [0.3, 0.4) is 0 Å². The molecule has 6 heteroatoms. The summed E-state index contributed by atoms with van der Waals surface area (Å²) in [5.74, 6) is -1.40. The fourth-order valence-corrected chi connectivity index (χ4v) is 2.91. The highest BCUT2D eigenvalue weighted by atomic mass is 79.9. The average Bonchev–Trinajstić information content (AvgIpc) is 2.52. The summed E-state index contributed by atoms with van der Waals surface area (Å²) in [7, 11) is 0. The van der Waals surface area contributed by atoms with Crippen molar-refractivity contribution >= 4 is 33.5 Å². The molecule has 0 aliphatic carbocycles. The Morgan fingerprint density at radius 1 is 1.12 bits per heavy atom. The molecular formula is C19H20BrNO4. The molecule has 0 bridgehead atoms. The quantitative estimate of drug-likeness (QED) is 0.744. The molecule has 0 heterocycles. The number of hydrogen-bond acceptors (Lipinski definition) is 4. The van der Waals surface area contributed by atoms with Crippen molar-refractivity contribution in [2.24, 2.45) is 0 Å². The third-order valence-corrected chi connectivity index (χ3v) is 4.25. The number of carbonyl (C=O) groups excluding carboxylic acids is 2. The van der Waals surface area contributed by atoms with Crippen LogP contribution in [0.4, 0.5) is 5.69 Å². The van der Waals surface area contributed by atoms with Crippen molar-refractivity contribution in [1.82, 2.24) is 0 Å². The Morgan fingerprint density at radius 2 is 1.72 bits per heavy atom. The van der Waals surface area contributed by atoms with Crippen LogP contribution in [-0.2, 0) is 9.53 Å². The maximum Gasteiger partial charge on any atom is 0.342 e. The van der Waals surface area contributed by atoms with Crippen LogP contribution in [0.2, 0.25) is 0 Å². The first-order valence-corrected chi connectivity index (χ1v) is 8.56. The molecule has 0 spiro atoms. The third-order valence-electron chi connectivity index (χ3n) is 3.76. The molecule has 1 atom stereocenters. The van der Waals surface area contributed by atoms with Gasteiger partial charge in [0.1, 0.15) is 11.3 Å². The van der Waals surface area contributed by atoms with Gasteiger partial charge in [-0.15, -0.1) is 0 Å². The van der Waals surface area contributed by atoms with Gasteiger partial charge in [-0.3, -0.25) is 4.79 Å². The number of benzene rings is 2. The van der Waals surface area contributed by atoms with Gasteiger partial charge in [0.05, 0.1) is 0 Å². The lowest BCUT2D eigenvalue weighted by molar-refractivity contribution is -0.123. The molecule has 2 N–H and O–H groups in total. The molecule has 0 aliphatic heterocycles. The predicted octanol–water partition coefficient (Wildman–Crippen LogP) is 4.26. The van der Waals surface area contributed by atoms with Gasteiger partial charge in [0.25, 0.3) is 5.91 Å². The third kappa shape index (κ3) is 4.60. The molecule has 25 heavy (non-hydrogen) atoms. The number of esters is 1. The van der Waals surface area contributed by atoms with Crippen LogP contribution in [0.1, 0.15) is 34.0 Å². The number of aryl methyl sites for hydroxylation is 3. The Bertz CT molecular complexity index is 809. The van der Waals surface area contributed by atoms with Crippen LogP contribution in [0.15, 0.2) is 34.8 Å². The van der Waals surface area contributed by atoms with Crippen molar-refractivity contribution < 1.29 is 19.4 Å². The van der Waals surface area contributed by atoms with E-state index < -0.39 is 18.0 Å². The minimum absolute atomic E-state index is 0.00304. The molecule has 1 unspecified atom stereocenters. The van der Waals surface area contributed by atoms with Gasteiger partial charge in [0.2, 0.25) is 0 Å². The summed E-state index contributed by atoms with van der Waals surface area (Å²) in [6.07, 6.45) is -1.01. The van der Waals surface area contributed by atoms with Gasteiger partial charge in [-0.1, -0.05) is 33.6 Å². The number of nitrogens with one attached hydrogen (secondary N) is 1. The predicted molar refractivity (Wildman–Crippen MR) is 100.0 cm³/mol. The lowest BCUT2D eigenvalue weighted by atomic mass is 10.0. The molecular weight excluding hydrogens is 386 g/mol. The molecule has 0 radical (unpaired) electrons.